The summed E-state index contributed by atoms with van der Waals surface area (Å²) < 4.78 is 6.80. The molecule has 1 atom stereocenters. The van der Waals surface area contributed by atoms with Crippen LogP contribution in [0.15, 0.2) is 40.8 Å². The lowest BCUT2D eigenvalue weighted by Gasteiger charge is -2.10. The molecule has 134 valence electrons. The van der Waals surface area contributed by atoms with Crippen LogP contribution in [0.1, 0.15) is 23.4 Å². The monoisotopic (exact) mass is 399 g/mol. The van der Waals surface area contributed by atoms with E-state index in [0.717, 1.165) is 28.2 Å². The Morgan fingerprint density at radius 1 is 1.28 bits per heavy atom. The van der Waals surface area contributed by atoms with Crippen LogP contribution >= 0.6 is 36.2 Å². The molecule has 1 aliphatic rings. The molecule has 0 spiro atoms. The van der Waals surface area contributed by atoms with Gasteiger partial charge >= 0.3 is 0 Å². The van der Waals surface area contributed by atoms with Crippen molar-refractivity contribution in [1.29, 1.82) is 0 Å². The highest BCUT2D eigenvalue weighted by atomic mass is 35.5. The van der Waals surface area contributed by atoms with Gasteiger partial charge in [0.15, 0.2) is 16.5 Å². The Morgan fingerprint density at radius 2 is 2.12 bits per heavy atom. The van der Waals surface area contributed by atoms with E-state index in [-0.39, 0.29) is 30.7 Å². The molecule has 5 nitrogen and oxygen atoms in total. The first-order chi connectivity index (χ1) is 11.3. The number of aromatic nitrogens is 1. The fraction of sp³-hybridized carbons (Fsp3) is 0.294. The molecule has 8 heteroatoms. The predicted molar refractivity (Wildman–Crippen MR) is 105 cm³/mol. The standard InChI is InChI=1S/C17H17N3O2S.2ClH/c21-16(19-10-11-4-3-9-18-11)13-7-8-14(22-13)17-20-12-5-1-2-6-15(12)23-17;;/h1-2,5-8,11,18H,3-4,9-10H2,(H,19,21);2*1H. The lowest BCUT2D eigenvalue weighted by atomic mass is 10.2. The Labute approximate surface area is 162 Å². The van der Waals surface area contributed by atoms with Gasteiger partial charge in [0.1, 0.15) is 0 Å². The topological polar surface area (TPSA) is 67.2 Å². The number of nitrogens with one attached hydrogen (secondary N) is 2. The van der Waals surface area contributed by atoms with E-state index >= 15 is 0 Å². The molecule has 0 saturated carbocycles. The van der Waals surface area contributed by atoms with Crippen LogP contribution in [-0.4, -0.2) is 30.0 Å². The van der Waals surface area contributed by atoms with Crippen molar-refractivity contribution < 1.29 is 9.21 Å². The summed E-state index contributed by atoms with van der Waals surface area (Å²) in [6.07, 6.45) is 2.28. The second-order valence-corrected chi connectivity index (χ2v) is 6.68. The Hall–Kier alpha value is -1.60. The first kappa shape index (κ1) is 19.7. The van der Waals surface area contributed by atoms with E-state index < -0.39 is 0 Å². The van der Waals surface area contributed by atoms with Crippen LogP contribution in [0, 0.1) is 0 Å². The van der Waals surface area contributed by atoms with Crippen LogP contribution < -0.4 is 10.6 Å². The number of thiazole rings is 1. The minimum Gasteiger partial charge on any atom is -0.448 e. The zero-order chi connectivity index (χ0) is 15.6. The Kier molecular flexibility index (Phi) is 6.84. The molecule has 0 aliphatic carbocycles. The number of carbonyl (C=O) groups is 1. The highest BCUT2D eigenvalue weighted by molar-refractivity contribution is 7.21. The number of amides is 1. The zero-order valence-electron chi connectivity index (χ0n) is 13.4. The van der Waals surface area contributed by atoms with Crippen LogP contribution in [-0.2, 0) is 0 Å². The van der Waals surface area contributed by atoms with Crippen molar-refractivity contribution >= 4 is 52.3 Å². The highest BCUT2D eigenvalue weighted by Crippen LogP contribution is 2.31. The van der Waals surface area contributed by atoms with Gasteiger partial charge in [-0.15, -0.1) is 36.2 Å². The Morgan fingerprint density at radius 3 is 2.88 bits per heavy atom. The van der Waals surface area contributed by atoms with Crippen LogP contribution in [0.5, 0.6) is 0 Å². The van der Waals surface area contributed by atoms with Gasteiger partial charge in [-0.05, 0) is 43.7 Å². The van der Waals surface area contributed by atoms with Crippen molar-refractivity contribution in [2.75, 3.05) is 13.1 Å². The molecule has 1 saturated heterocycles. The third-order valence-electron chi connectivity index (χ3n) is 4.01. The van der Waals surface area contributed by atoms with Gasteiger partial charge in [-0.2, -0.15) is 0 Å². The Bertz CT molecular complexity index is 810. The van der Waals surface area contributed by atoms with E-state index in [1.807, 2.05) is 24.3 Å². The second-order valence-electron chi connectivity index (χ2n) is 5.65. The van der Waals surface area contributed by atoms with Crippen molar-refractivity contribution in [3.05, 3.63) is 42.2 Å². The first-order valence-electron chi connectivity index (χ1n) is 7.77. The molecule has 0 radical (unpaired) electrons. The summed E-state index contributed by atoms with van der Waals surface area (Å²) in [4.78, 5) is 16.7. The SMILES string of the molecule is Cl.Cl.O=C(NCC1CCCN1)c1ccc(-c2nc3ccccc3s2)o1. The number of benzene rings is 1. The maximum atomic E-state index is 12.2. The Balaban J connectivity index is 0.00000113. The minimum atomic E-state index is -0.175. The summed E-state index contributed by atoms with van der Waals surface area (Å²) in [5.74, 6) is 0.790. The molecule has 1 aliphatic heterocycles. The molecule has 2 aromatic heterocycles. The maximum absolute atomic E-state index is 12.2. The number of hydrogen-bond acceptors (Lipinski definition) is 5. The number of nitrogens with zero attached hydrogens (tertiary/aromatic N) is 1. The van der Waals surface area contributed by atoms with Crippen molar-refractivity contribution in [2.45, 2.75) is 18.9 Å². The number of furan rings is 1. The summed E-state index contributed by atoms with van der Waals surface area (Å²) in [5, 5.41) is 7.07. The summed E-state index contributed by atoms with van der Waals surface area (Å²) in [6.45, 7) is 1.67. The molecule has 1 amide bonds. The molecule has 0 bridgehead atoms. The van der Waals surface area contributed by atoms with Crippen molar-refractivity contribution in [1.82, 2.24) is 15.6 Å². The summed E-state index contributed by atoms with van der Waals surface area (Å²) in [6, 6.07) is 11.8. The third kappa shape index (κ3) is 4.33. The molecular weight excluding hydrogens is 381 g/mol. The van der Waals surface area contributed by atoms with Gasteiger partial charge in [-0.25, -0.2) is 4.98 Å². The van der Waals surface area contributed by atoms with Crippen LogP contribution in [0.25, 0.3) is 21.0 Å². The molecule has 3 heterocycles. The van der Waals surface area contributed by atoms with Crippen molar-refractivity contribution in [3.8, 4) is 10.8 Å². The lowest BCUT2D eigenvalue weighted by Crippen LogP contribution is -2.37. The summed E-state index contributed by atoms with van der Waals surface area (Å²) in [5.41, 5.74) is 0.946. The van der Waals surface area contributed by atoms with Crippen molar-refractivity contribution in [2.24, 2.45) is 0 Å². The largest absolute Gasteiger partial charge is 0.448 e. The zero-order valence-corrected chi connectivity index (χ0v) is 15.8. The second kappa shape index (κ2) is 8.67. The molecule has 1 unspecified atom stereocenters. The van der Waals surface area contributed by atoms with E-state index in [4.69, 9.17) is 4.42 Å². The van der Waals surface area contributed by atoms with E-state index in [0.29, 0.717) is 24.1 Å². The van der Waals surface area contributed by atoms with Crippen LogP contribution in [0.4, 0.5) is 0 Å². The fourth-order valence-electron chi connectivity index (χ4n) is 2.79. The summed E-state index contributed by atoms with van der Waals surface area (Å²) >= 11 is 1.56. The van der Waals surface area contributed by atoms with Gasteiger partial charge in [-0.1, -0.05) is 12.1 Å². The molecule has 3 aromatic rings. The number of fused-ring (bicyclic) bond motifs is 1. The van der Waals surface area contributed by atoms with Crippen LogP contribution in [0.3, 0.4) is 0 Å². The number of para-hydroxylation sites is 1. The van der Waals surface area contributed by atoms with Gasteiger partial charge in [0.2, 0.25) is 0 Å². The number of carbonyl (C=O) groups excluding carboxylic acids is 1. The van der Waals surface area contributed by atoms with E-state index in [2.05, 4.69) is 15.6 Å². The van der Waals surface area contributed by atoms with Gasteiger partial charge < -0.3 is 15.1 Å². The quantitative estimate of drug-likeness (QED) is 0.698. The van der Waals surface area contributed by atoms with E-state index in [1.54, 1.807) is 23.5 Å². The van der Waals surface area contributed by atoms with E-state index in [1.165, 1.54) is 6.42 Å². The third-order valence-corrected chi connectivity index (χ3v) is 5.06. The number of halogens is 2. The van der Waals surface area contributed by atoms with Crippen LogP contribution in [0.2, 0.25) is 0 Å². The molecule has 1 aromatic carbocycles. The average molecular weight is 400 g/mol. The first-order valence-corrected chi connectivity index (χ1v) is 8.58. The predicted octanol–water partition coefficient (Wildman–Crippen LogP) is 3.88. The molecule has 2 N–H and O–H groups in total. The summed E-state index contributed by atoms with van der Waals surface area (Å²) in [7, 11) is 0. The van der Waals surface area contributed by atoms with Crippen molar-refractivity contribution in [3.63, 3.8) is 0 Å². The minimum absolute atomic E-state index is 0. The fourth-order valence-corrected chi connectivity index (χ4v) is 3.71. The van der Waals surface area contributed by atoms with E-state index in [9.17, 15) is 4.79 Å². The number of rotatable bonds is 4. The van der Waals surface area contributed by atoms with Gasteiger partial charge in [-0.3, -0.25) is 4.79 Å². The normalized spacial score (nSPS) is 16.2. The van der Waals surface area contributed by atoms with Gasteiger partial charge in [0, 0.05) is 12.6 Å². The number of hydrogen-bond donors (Lipinski definition) is 2. The maximum Gasteiger partial charge on any atom is 0.287 e. The average Bonchev–Trinajstić information content (AvgIpc) is 3.31. The molecule has 25 heavy (non-hydrogen) atoms. The molecule has 1 fully saturated rings. The smallest absolute Gasteiger partial charge is 0.287 e. The van der Waals surface area contributed by atoms with Gasteiger partial charge in [0.25, 0.3) is 5.91 Å². The van der Waals surface area contributed by atoms with Gasteiger partial charge in [0.05, 0.1) is 10.2 Å². The molecule has 4 rings (SSSR count). The molecular formula is C17H19Cl2N3O2S. The lowest BCUT2D eigenvalue weighted by molar-refractivity contribution is 0.0923. The highest BCUT2D eigenvalue weighted by Gasteiger charge is 2.18.